The summed E-state index contributed by atoms with van der Waals surface area (Å²) in [5.41, 5.74) is 0.973. The Labute approximate surface area is 129 Å². The fourth-order valence-electron chi connectivity index (χ4n) is 3.52. The van der Waals surface area contributed by atoms with Crippen LogP contribution in [0.1, 0.15) is 12.0 Å². The number of ether oxygens (including phenoxy) is 2. The van der Waals surface area contributed by atoms with E-state index in [2.05, 4.69) is 15.0 Å². The van der Waals surface area contributed by atoms with Gasteiger partial charge in [0.15, 0.2) is 11.5 Å². The summed E-state index contributed by atoms with van der Waals surface area (Å²) in [6.45, 7) is 2.25. The van der Waals surface area contributed by atoms with E-state index in [0.717, 1.165) is 44.2 Å². The SMILES string of the molecule is COc1ccc(CN2CCC3CNCC3C2)cc1OC(F)F. The summed E-state index contributed by atoms with van der Waals surface area (Å²) in [6.07, 6.45) is 1.20. The summed E-state index contributed by atoms with van der Waals surface area (Å²) in [4.78, 5) is 2.39. The average Bonchev–Trinajstić information content (AvgIpc) is 2.94. The maximum absolute atomic E-state index is 12.5. The Hall–Kier alpha value is -1.40. The molecule has 1 aromatic carbocycles. The quantitative estimate of drug-likeness (QED) is 0.905. The minimum absolute atomic E-state index is 0.104. The lowest BCUT2D eigenvalue weighted by molar-refractivity contribution is -0.0512. The second kappa shape index (κ2) is 6.79. The number of hydrogen-bond donors (Lipinski definition) is 1. The van der Waals surface area contributed by atoms with E-state index < -0.39 is 6.61 Å². The van der Waals surface area contributed by atoms with Crippen LogP contribution in [0.15, 0.2) is 18.2 Å². The monoisotopic (exact) mass is 312 g/mol. The highest BCUT2D eigenvalue weighted by molar-refractivity contribution is 5.43. The van der Waals surface area contributed by atoms with E-state index in [4.69, 9.17) is 4.74 Å². The predicted octanol–water partition coefficient (Wildman–Crippen LogP) is 2.34. The van der Waals surface area contributed by atoms with E-state index in [0.29, 0.717) is 11.7 Å². The van der Waals surface area contributed by atoms with Gasteiger partial charge in [-0.1, -0.05) is 6.07 Å². The van der Waals surface area contributed by atoms with E-state index in [9.17, 15) is 8.78 Å². The minimum atomic E-state index is -2.84. The Bertz CT molecular complexity index is 513. The molecule has 0 aromatic heterocycles. The first-order chi connectivity index (χ1) is 10.7. The van der Waals surface area contributed by atoms with Crippen LogP contribution in [0.25, 0.3) is 0 Å². The summed E-state index contributed by atoms with van der Waals surface area (Å²) in [5.74, 6) is 1.95. The molecule has 1 N–H and O–H groups in total. The van der Waals surface area contributed by atoms with Crippen LogP contribution in [0.5, 0.6) is 11.5 Å². The van der Waals surface area contributed by atoms with Crippen molar-refractivity contribution < 1.29 is 18.3 Å². The molecule has 2 heterocycles. The molecule has 2 unspecified atom stereocenters. The Balaban J connectivity index is 1.66. The number of piperidine rings is 1. The summed E-state index contributed by atoms with van der Waals surface area (Å²) >= 11 is 0. The van der Waals surface area contributed by atoms with Gasteiger partial charge in [0.25, 0.3) is 0 Å². The van der Waals surface area contributed by atoms with Crippen molar-refractivity contribution in [1.29, 1.82) is 0 Å². The summed E-state index contributed by atoms with van der Waals surface area (Å²) < 4.78 is 34.6. The Kier molecular flexibility index (Phi) is 4.78. The van der Waals surface area contributed by atoms with Crippen molar-refractivity contribution >= 4 is 0 Å². The summed E-state index contributed by atoms with van der Waals surface area (Å²) in [6, 6.07) is 5.26. The van der Waals surface area contributed by atoms with Crippen LogP contribution in [-0.2, 0) is 6.54 Å². The molecule has 0 aliphatic carbocycles. The van der Waals surface area contributed by atoms with Crippen LogP contribution in [0, 0.1) is 11.8 Å². The molecule has 2 aliphatic heterocycles. The fourth-order valence-corrected chi connectivity index (χ4v) is 3.52. The van der Waals surface area contributed by atoms with E-state index >= 15 is 0 Å². The van der Waals surface area contributed by atoms with Gasteiger partial charge in [-0.3, -0.25) is 4.90 Å². The van der Waals surface area contributed by atoms with Gasteiger partial charge in [0, 0.05) is 13.1 Å². The van der Waals surface area contributed by atoms with Crippen molar-refractivity contribution in [1.82, 2.24) is 10.2 Å². The number of nitrogens with zero attached hydrogens (tertiary/aromatic N) is 1. The highest BCUT2D eigenvalue weighted by atomic mass is 19.3. The van der Waals surface area contributed by atoms with E-state index in [1.807, 2.05) is 6.07 Å². The van der Waals surface area contributed by atoms with Gasteiger partial charge in [-0.15, -0.1) is 0 Å². The second-order valence-electron chi connectivity index (χ2n) is 6.07. The molecule has 0 saturated carbocycles. The Morgan fingerprint density at radius 2 is 2.09 bits per heavy atom. The van der Waals surface area contributed by atoms with Crippen LogP contribution in [0.3, 0.4) is 0 Å². The lowest BCUT2D eigenvalue weighted by Gasteiger charge is -2.34. The van der Waals surface area contributed by atoms with Crippen LogP contribution < -0.4 is 14.8 Å². The van der Waals surface area contributed by atoms with Gasteiger partial charge in [-0.05, 0) is 55.6 Å². The molecule has 4 nitrogen and oxygen atoms in total. The molecule has 0 radical (unpaired) electrons. The molecule has 2 saturated heterocycles. The molecule has 1 aromatic rings. The topological polar surface area (TPSA) is 33.7 Å². The molecule has 0 bridgehead atoms. The average molecular weight is 312 g/mol. The Morgan fingerprint density at radius 1 is 1.27 bits per heavy atom. The number of likely N-dealkylation sites (tertiary alicyclic amines) is 1. The van der Waals surface area contributed by atoms with E-state index in [1.54, 1.807) is 12.1 Å². The van der Waals surface area contributed by atoms with Crippen LogP contribution >= 0.6 is 0 Å². The summed E-state index contributed by atoms with van der Waals surface area (Å²) in [7, 11) is 1.45. The van der Waals surface area contributed by atoms with Gasteiger partial charge in [-0.2, -0.15) is 8.78 Å². The molecule has 0 spiro atoms. The van der Waals surface area contributed by atoms with Crippen molar-refractivity contribution in [3.05, 3.63) is 23.8 Å². The van der Waals surface area contributed by atoms with Crippen LogP contribution in [0.4, 0.5) is 8.78 Å². The van der Waals surface area contributed by atoms with Gasteiger partial charge in [-0.25, -0.2) is 0 Å². The van der Waals surface area contributed by atoms with Crippen LogP contribution in [-0.4, -0.2) is 44.8 Å². The maximum Gasteiger partial charge on any atom is 0.387 e. The lowest BCUT2D eigenvalue weighted by Crippen LogP contribution is -2.39. The number of halogens is 2. The molecular formula is C16H22F2N2O2. The molecule has 2 fully saturated rings. The number of benzene rings is 1. The van der Waals surface area contributed by atoms with Gasteiger partial charge < -0.3 is 14.8 Å². The predicted molar refractivity (Wildman–Crippen MR) is 79.4 cm³/mol. The van der Waals surface area contributed by atoms with Gasteiger partial charge in [0.2, 0.25) is 0 Å². The van der Waals surface area contributed by atoms with Gasteiger partial charge in [0.05, 0.1) is 7.11 Å². The number of fused-ring (bicyclic) bond motifs is 1. The first-order valence-electron chi connectivity index (χ1n) is 7.70. The van der Waals surface area contributed by atoms with Gasteiger partial charge in [0.1, 0.15) is 0 Å². The smallest absolute Gasteiger partial charge is 0.387 e. The zero-order valence-electron chi connectivity index (χ0n) is 12.7. The Morgan fingerprint density at radius 3 is 2.86 bits per heavy atom. The fraction of sp³-hybridized carbons (Fsp3) is 0.625. The molecular weight excluding hydrogens is 290 g/mol. The van der Waals surface area contributed by atoms with Crippen molar-refractivity contribution in [3.63, 3.8) is 0 Å². The third kappa shape index (κ3) is 3.50. The third-order valence-corrected chi connectivity index (χ3v) is 4.64. The summed E-state index contributed by atoms with van der Waals surface area (Å²) in [5, 5.41) is 3.45. The zero-order valence-corrected chi connectivity index (χ0v) is 12.7. The van der Waals surface area contributed by atoms with Crippen molar-refractivity contribution in [2.45, 2.75) is 19.6 Å². The third-order valence-electron chi connectivity index (χ3n) is 4.64. The van der Waals surface area contributed by atoms with Crippen molar-refractivity contribution in [2.24, 2.45) is 11.8 Å². The van der Waals surface area contributed by atoms with Gasteiger partial charge >= 0.3 is 6.61 Å². The molecule has 0 amide bonds. The number of rotatable bonds is 5. The second-order valence-corrected chi connectivity index (χ2v) is 6.07. The largest absolute Gasteiger partial charge is 0.493 e. The maximum atomic E-state index is 12.5. The number of alkyl halides is 2. The normalized spacial score (nSPS) is 25.3. The highest BCUT2D eigenvalue weighted by Gasteiger charge is 2.32. The minimum Gasteiger partial charge on any atom is -0.493 e. The molecule has 2 aliphatic rings. The molecule has 6 heteroatoms. The van der Waals surface area contributed by atoms with E-state index in [-0.39, 0.29) is 5.75 Å². The lowest BCUT2D eigenvalue weighted by atomic mass is 9.88. The highest BCUT2D eigenvalue weighted by Crippen LogP contribution is 2.31. The zero-order chi connectivity index (χ0) is 15.5. The first kappa shape index (κ1) is 15.5. The molecule has 122 valence electrons. The first-order valence-corrected chi connectivity index (χ1v) is 7.70. The standard InChI is InChI=1S/C16H22F2N2O2/c1-21-14-3-2-11(6-15(14)22-16(17)18)9-20-5-4-12-7-19-8-13(12)10-20/h2-3,6,12-13,16,19H,4-5,7-10H2,1H3. The van der Waals surface area contributed by atoms with Crippen molar-refractivity contribution in [3.8, 4) is 11.5 Å². The van der Waals surface area contributed by atoms with E-state index in [1.165, 1.54) is 13.5 Å². The molecule has 22 heavy (non-hydrogen) atoms. The molecule has 3 rings (SSSR count). The molecule has 2 atom stereocenters. The van der Waals surface area contributed by atoms with Crippen LogP contribution in [0.2, 0.25) is 0 Å². The number of methoxy groups -OCH3 is 1. The number of hydrogen-bond acceptors (Lipinski definition) is 4. The van der Waals surface area contributed by atoms with Crippen molar-refractivity contribution in [2.75, 3.05) is 33.3 Å². The number of nitrogens with one attached hydrogen (secondary N) is 1.